The van der Waals surface area contributed by atoms with E-state index in [0.29, 0.717) is 25.1 Å². The van der Waals surface area contributed by atoms with Gasteiger partial charge < -0.3 is 4.74 Å². The van der Waals surface area contributed by atoms with Crippen molar-refractivity contribution in [1.29, 1.82) is 0 Å². The van der Waals surface area contributed by atoms with Crippen LogP contribution in [0.2, 0.25) is 0 Å². The average Bonchev–Trinajstić information content (AvgIpc) is 2.37. The molecule has 0 aromatic carbocycles. The van der Waals surface area contributed by atoms with Gasteiger partial charge in [-0.1, -0.05) is 6.92 Å². The van der Waals surface area contributed by atoms with E-state index in [0.717, 1.165) is 6.42 Å². The van der Waals surface area contributed by atoms with E-state index in [-0.39, 0.29) is 16.6 Å². The molecule has 0 bridgehead atoms. The van der Waals surface area contributed by atoms with Crippen molar-refractivity contribution in [3.63, 3.8) is 0 Å². The molecule has 7 heteroatoms. The van der Waals surface area contributed by atoms with E-state index < -0.39 is 5.69 Å². The molecule has 3 rings (SSSR count). The zero-order valence-corrected chi connectivity index (χ0v) is 10.5. The van der Waals surface area contributed by atoms with Gasteiger partial charge in [-0.25, -0.2) is 14.8 Å². The molecule has 1 fully saturated rings. The Morgan fingerprint density at radius 1 is 1.47 bits per heavy atom. The van der Waals surface area contributed by atoms with Crippen molar-refractivity contribution in [2.45, 2.75) is 19.9 Å². The van der Waals surface area contributed by atoms with Gasteiger partial charge in [-0.3, -0.25) is 14.3 Å². The SMILES string of the molecule is CCC1(Cn2c(=O)[nH]c3ncncc3c2=O)COC1. The van der Waals surface area contributed by atoms with E-state index in [1.54, 1.807) is 0 Å². The van der Waals surface area contributed by atoms with Gasteiger partial charge in [0.2, 0.25) is 0 Å². The molecule has 0 atom stereocenters. The molecular weight excluding hydrogens is 248 g/mol. The van der Waals surface area contributed by atoms with Crippen LogP contribution in [-0.4, -0.2) is 32.7 Å². The molecule has 0 spiro atoms. The van der Waals surface area contributed by atoms with Gasteiger partial charge in [0, 0.05) is 18.2 Å². The number of hydrogen-bond acceptors (Lipinski definition) is 5. The third-order valence-corrected chi connectivity index (χ3v) is 3.72. The first kappa shape index (κ1) is 12.0. The molecule has 0 saturated carbocycles. The fourth-order valence-corrected chi connectivity index (χ4v) is 2.27. The lowest BCUT2D eigenvalue weighted by Crippen LogP contribution is -2.50. The number of nitrogens with one attached hydrogen (secondary N) is 1. The highest BCUT2D eigenvalue weighted by Crippen LogP contribution is 2.32. The summed E-state index contributed by atoms with van der Waals surface area (Å²) >= 11 is 0. The summed E-state index contributed by atoms with van der Waals surface area (Å²) < 4.78 is 6.44. The highest BCUT2D eigenvalue weighted by Gasteiger charge is 2.38. The van der Waals surface area contributed by atoms with E-state index >= 15 is 0 Å². The van der Waals surface area contributed by atoms with Crippen molar-refractivity contribution >= 4 is 11.0 Å². The summed E-state index contributed by atoms with van der Waals surface area (Å²) in [7, 11) is 0. The number of nitrogens with zero attached hydrogens (tertiary/aromatic N) is 3. The zero-order chi connectivity index (χ0) is 13.5. The molecular formula is C12H14N4O3. The second-order valence-electron chi connectivity index (χ2n) is 4.95. The quantitative estimate of drug-likeness (QED) is 0.834. The van der Waals surface area contributed by atoms with E-state index in [1.807, 2.05) is 6.92 Å². The smallest absolute Gasteiger partial charge is 0.330 e. The number of fused-ring (bicyclic) bond motifs is 1. The molecule has 2 aromatic heterocycles. The Kier molecular flexibility index (Phi) is 2.70. The van der Waals surface area contributed by atoms with Crippen LogP contribution < -0.4 is 11.2 Å². The van der Waals surface area contributed by atoms with E-state index in [2.05, 4.69) is 15.0 Å². The topological polar surface area (TPSA) is 89.9 Å². The van der Waals surface area contributed by atoms with Gasteiger partial charge in [0.05, 0.1) is 13.2 Å². The summed E-state index contributed by atoms with van der Waals surface area (Å²) in [6.45, 7) is 3.56. The van der Waals surface area contributed by atoms with Gasteiger partial charge in [-0.05, 0) is 6.42 Å². The average molecular weight is 262 g/mol. The van der Waals surface area contributed by atoms with E-state index in [4.69, 9.17) is 4.74 Å². The van der Waals surface area contributed by atoms with E-state index in [1.165, 1.54) is 17.1 Å². The first-order valence-corrected chi connectivity index (χ1v) is 6.16. The van der Waals surface area contributed by atoms with Gasteiger partial charge in [-0.2, -0.15) is 0 Å². The van der Waals surface area contributed by atoms with Gasteiger partial charge in [0.1, 0.15) is 17.4 Å². The molecule has 0 unspecified atom stereocenters. The van der Waals surface area contributed by atoms with Crippen LogP contribution in [0.15, 0.2) is 22.1 Å². The molecule has 1 saturated heterocycles. The summed E-state index contributed by atoms with van der Waals surface area (Å²) in [4.78, 5) is 34.6. The molecule has 2 aromatic rings. The van der Waals surface area contributed by atoms with Crippen LogP contribution in [0.25, 0.3) is 11.0 Å². The maximum Gasteiger partial charge on any atom is 0.330 e. The highest BCUT2D eigenvalue weighted by atomic mass is 16.5. The Morgan fingerprint density at radius 2 is 2.26 bits per heavy atom. The van der Waals surface area contributed by atoms with Gasteiger partial charge in [0.15, 0.2) is 0 Å². The summed E-state index contributed by atoms with van der Waals surface area (Å²) in [5.41, 5.74) is -0.619. The molecule has 3 heterocycles. The third-order valence-electron chi connectivity index (χ3n) is 3.72. The van der Waals surface area contributed by atoms with Crippen molar-refractivity contribution in [3.05, 3.63) is 33.4 Å². The lowest BCUT2D eigenvalue weighted by molar-refractivity contribution is -0.124. The van der Waals surface area contributed by atoms with Gasteiger partial charge in [-0.15, -0.1) is 0 Å². The lowest BCUT2D eigenvalue weighted by Gasteiger charge is -2.40. The molecule has 0 amide bonds. The summed E-state index contributed by atoms with van der Waals surface area (Å²) in [6, 6.07) is 0. The van der Waals surface area contributed by atoms with Crippen molar-refractivity contribution in [2.75, 3.05) is 13.2 Å². The number of aromatic amines is 1. The molecule has 1 N–H and O–H groups in total. The number of H-pyrrole nitrogens is 1. The minimum atomic E-state index is -0.434. The van der Waals surface area contributed by atoms with Gasteiger partial charge >= 0.3 is 5.69 Å². The summed E-state index contributed by atoms with van der Waals surface area (Å²) in [6.07, 6.45) is 3.59. The fourth-order valence-electron chi connectivity index (χ4n) is 2.27. The number of aromatic nitrogens is 4. The first-order valence-electron chi connectivity index (χ1n) is 6.16. The Hall–Kier alpha value is -2.02. The first-order chi connectivity index (χ1) is 9.15. The monoisotopic (exact) mass is 262 g/mol. The minimum Gasteiger partial charge on any atom is -0.380 e. The van der Waals surface area contributed by atoms with Crippen molar-refractivity contribution < 1.29 is 4.74 Å². The number of rotatable bonds is 3. The normalized spacial score (nSPS) is 17.3. The molecule has 100 valence electrons. The summed E-state index contributed by atoms with van der Waals surface area (Å²) in [5, 5.41) is 0.327. The molecule has 0 aliphatic carbocycles. The fraction of sp³-hybridized carbons (Fsp3) is 0.500. The third kappa shape index (κ3) is 1.86. The number of ether oxygens (including phenoxy) is 1. The van der Waals surface area contributed by atoms with Crippen molar-refractivity contribution in [3.8, 4) is 0 Å². The zero-order valence-electron chi connectivity index (χ0n) is 10.5. The van der Waals surface area contributed by atoms with Crippen LogP contribution in [0, 0.1) is 5.41 Å². The Bertz CT molecular complexity index is 724. The van der Waals surface area contributed by atoms with Crippen LogP contribution in [0.3, 0.4) is 0 Å². The van der Waals surface area contributed by atoms with Gasteiger partial charge in [0.25, 0.3) is 5.56 Å². The largest absolute Gasteiger partial charge is 0.380 e. The van der Waals surface area contributed by atoms with Crippen LogP contribution in [0.4, 0.5) is 0 Å². The predicted molar refractivity (Wildman–Crippen MR) is 68.0 cm³/mol. The van der Waals surface area contributed by atoms with Crippen LogP contribution in [-0.2, 0) is 11.3 Å². The Morgan fingerprint density at radius 3 is 2.89 bits per heavy atom. The molecule has 1 aliphatic rings. The number of hydrogen-bond donors (Lipinski definition) is 1. The second-order valence-corrected chi connectivity index (χ2v) is 4.95. The van der Waals surface area contributed by atoms with Crippen molar-refractivity contribution in [1.82, 2.24) is 19.5 Å². The van der Waals surface area contributed by atoms with Crippen LogP contribution in [0.1, 0.15) is 13.3 Å². The molecule has 7 nitrogen and oxygen atoms in total. The molecule has 0 radical (unpaired) electrons. The maximum atomic E-state index is 12.3. The van der Waals surface area contributed by atoms with Crippen LogP contribution >= 0.6 is 0 Å². The maximum absolute atomic E-state index is 12.3. The summed E-state index contributed by atoms with van der Waals surface area (Å²) in [5.74, 6) is 0. The van der Waals surface area contributed by atoms with Crippen molar-refractivity contribution in [2.24, 2.45) is 5.41 Å². The lowest BCUT2D eigenvalue weighted by atomic mass is 9.83. The minimum absolute atomic E-state index is 0.111. The highest BCUT2D eigenvalue weighted by molar-refractivity contribution is 5.71. The Balaban J connectivity index is 2.14. The second kappa shape index (κ2) is 4.27. The van der Waals surface area contributed by atoms with E-state index in [9.17, 15) is 9.59 Å². The van der Waals surface area contributed by atoms with Crippen LogP contribution in [0.5, 0.6) is 0 Å². The molecule has 1 aliphatic heterocycles. The Labute approximate surface area is 108 Å². The predicted octanol–water partition coefficient (Wildman–Crippen LogP) is -0.0936. The molecule has 19 heavy (non-hydrogen) atoms. The standard InChI is InChI=1S/C12H14N4O3/c1-2-12(5-19-6-12)4-16-10(17)8-3-13-7-14-9(8)15-11(16)18/h3,7H,2,4-6H2,1H3,(H,13,14,15,18).